The molecule has 3 heteroatoms. The predicted molar refractivity (Wildman–Crippen MR) is 108 cm³/mol. The molecule has 0 aliphatic carbocycles. The molecule has 0 bridgehead atoms. The number of thioether (sulfide) groups is 1. The van der Waals surface area contributed by atoms with E-state index in [0.29, 0.717) is 0 Å². The summed E-state index contributed by atoms with van der Waals surface area (Å²) in [5.41, 5.74) is 7.08. The van der Waals surface area contributed by atoms with Crippen LogP contribution in [0.2, 0.25) is 0 Å². The molecule has 0 aromatic carbocycles. The lowest BCUT2D eigenvalue weighted by atomic mass is 10.1. The van der Waals surface area contributed by atoms with Gasteiger partial charge in [0.2, 0.25) is 0 Å². The summed E-state index contributed by atoms with van der Waals surface area (Å²) in [6.45, 7) is 20.3. The topological polar surface area (TPSA) is 0 Å². The monoisotopic (exact) mass is 338 g/mol. The first kappa shape index (κ1) is 20.5. The van der Waals surface area contributed by atoms with E-state index in [2.05, 4.69) is 70.1 Å². The lowest BCUT2D eigenvalue weighted by molar-refractivity contribution is 1.33. The summed E-state index contributed by atoms with van der Waals surface area (Å²) in [6.07, 6.45) is 4.25. The van der Waals surface area contributed by atoms with Gasteiger partial charge in [0.25, 0.3) is 0 Å². The Bertz CT molecular complexity index is 529. The van der Waals surface area contributed by atoms with Crippen LogP contribution in [-0.4, -0.2) is 0 Å². The normalized spacial score (nSPS) is 14.9. The minimum absolute atomic E-state index is 1.09. The van der Waals surface area contributed by atoms with Crippen molar-refractivity contribution in [2.24, 2.45) is 0 Å². The Balaban J connectivity index is 5.28. The Morgan fingerprint density at radius 3 is 1.71 bits per heavy atom. The van der Waals surface area contributed by atoms with Crippen molar-refractivity contribution >= 4 is 34.2 Å². The number of allylic oxidation sites excluding steroid dienone is 8. The largest absolute Gasteiger partial charge is 0.106 e. The number of thiol groups is 1. The van der Waals surface area contributed by atoms with Gasteiger partial charge in [0.05, 0.1) is 4.24 Å². The van der Waals surface area contributed by atoms with Crippen molar-refractivity contribution in [1.82, 2.24) is 0 Å². The minimum Gasteiger partial charge on any atom is -0.106 e. The summed E-state index contributed by atoms with van der Waals surface area (Å²) < 4.78 is 1.19. The van der Waals surface area contributed by atoms with Gasteiger partial charge in [-0.15, -0.1) is 11.7 Å². The van der Waals surface area contributed by atoms with Crippen LogP contribution >= 0.6 is 34.2 Å². The molecule has 0 atom stereocenters. The fourth-order valence-electron chi connectivity index (χ4n) is 1.10. The fraction of sp³-hybridized carbons (Fsp3) is 0.333. The van der Waals surface area contributed by atoms with Crippen molar-refractivity contribution in [3.63, 3.8) is 0 Å². The van der Waals surface area contributed by atoms with E-state index < -0.39 is 0 Å². The van der Waals surface area contributed by atoms with Crippen LogP contribution < -0.4 is 0 Å². The van der Waals surface area contributed by atoms with Crippen LogP contribution in [0.1, 0.15) is 41.5 Å². The summed E-state index contributed by atoms with van der Waals surface area (Å²) in [4.78, 5) is 0. The van der Waals surface area contributed by atoms with Gasteiger partial charge < -0.3 is 0 Å². The van der Waals surface area contributed by atoms with Crippen LogP contribution in [0.15, 0.2) is 68.4 Å². The molecule has 0 saturated heterocycles. The molecule has 0 fully saturated rings. The highest BCUT2D eigenvalue weighted by atomic mass is 33.1. The Morgan fingerprint density at radius 2 is 1.29 bits per heavy atom. The Morgan fingerprint density at radius 1 is 0.810 bits per heavy atom. The van der Waals surface area contributed by atoms with E-state index in [-0.39, 0.29) is 0 Å². The third-order valence-corrected chi connectivity index (χ3v) is 6.17. The summed E-state index contributed by atoms with van der Waals surface area (Å²) in [5.74, 6) is 0. The summed E-state index contributed by atoms with van der Waals surface area (Å²) in [6, 6.07) is 0. The Hall–Kier alpha value is -0.510. The third kappa shape index (κ3) is 7.89. The van der Waals surface area contributed by atoms with Gasteiger partial charge in [-0.2, -0.15) is 0 Å². The van der Waals surface area contributed by atoms with Gasteiger partial charge in [-0.1, -0.05) is 59.0 Å². The molecule has 0 unspecified atom stereocenters. The highest BCUT2D eigenvalue weighted by Gasteiger charge is 2.04. The van der Waals surface area contributed by atoms with Gasteiger partial charge in [0.1, 0.15) is 0 Å². The molecule has 0 aliphatic heterocycles. The van der Waals surface area contributed by atoms with Gasteiger partial charge in [0, 0.05) is 0 Å². The van der Waals surface area contributed by atoms with Crippen LogP contribution in [0.5, 0.6) is 0 Å². The highest BCUT2D eigenvalue weighted by Crippen LogP contribution is 2.38. The lowest BCUT2D eigenvalue weighted by Crippen LogP contribution is -1.83. The van der Waals surface area contributed by atoms with Crippen LogP contribution in [-0.2, 0) is 0 Å². The average Bonchev–Trinajstić information content (AvgIpc) is 2.43. The quantitative estimate of drug-likeness (QED) is 0.290. The SMILES string of the molecule is C=C(C)/C(C)=C\S/C(SS)=C(C)/C(C)=C/C=C(\C)C(=C)C. The van der Waals surface area contributed by atoms with Crippen LogP contribution in [0.25, 0.3) is 0 Å². The van der Waals surface area contributed by atoms with E-state index in [9.17, 15) is 0 Å². The molecular weight excluding hydrogens is 312 g/mol. The first-order valence-corrected chi connectivity index (χ1v) is 9.48. The zero-order valence-electron chi connectivity index (χ0n) is 13.9. The molecule has 0 spiro atoms. The van der Waals surface area contributed by atoms with Crippen LogP contribution in [0.3, 0.4) is 0 Å². The van der Waals surface area contributed by atoms with Crippen molar-refractivity contribution in [2.45, 2.75) is 41.5 Å². The van der Waals surface area contributed by atoms with E-state index >= 15 is 0 Å². The van der Waals surface area contributed by atoms with E-state index in [1.54, 1.807) is 11.8 Å². The Kier molecular flexibility index (Phi) is 10.0. The van der Waals surface area contributed by atoms with Crippen LogP contribution in [0.4, 0.5) is 0 Å². The lowest BCUT2D eigenvalue weighted by Gasteiger charge is -2.08. The zero-order valence-corrected chi connectivity index (χ0v) is 16.4. The Labute approximate surface area is 144 Å². The molecule has 0 heterocycles. The number of rotatable bonds is 7. The summed E-state index contributed by atoms with van der Waals surface area (Å²) in [7, 11) is 1.48. The minimum atomic E-state index is 1.09. The summed E-state index contributed by atoms with van der Waals surface area (Å²) in [5, 5.41) is 2.13. The second-order valence-electron chi connectivity index (χ2n) is 5.18. The highest BCUT2D eigenvalue weighted by molar-refractivity contribution is 8.72. The molecule has 0 N–H and O–H groups in total. The molecule has 0 radical (unpaired) electrons. The van der Waals surface area contributed by atoms with Gasteiger partial charge >= 0.3 is 0 Å². The molecule has 0 saturated carbocycles. The maximum Gasteiger partial charge on any atom is 0.0582 e. The van der Waals surface area contributed by atoms with Crippen molar-refractivity contribution in [3.8, 4) is 0 Å². The van der Waals surface area contributed by atoms with E-state index in [1.165, 1.54) is 37.3 Å². The smallest absolute Gasteiger partial charge is 0.0582 e. The molecule has 0 nitrogen and oxygen atoms in total. The third-order valence-electron chi connectivity index (χ3n) is 3.25. The second kappa shape index (κ2) is 10.3. The number of hydrogen-bond acceptors (Lipinski definition) is 3. The van der Waals surface area contributed by atoms with Crippen molar-refractivity contribution in [3.05, 3.63) is 68.4 Å². The zero-order chi connectivity index (χ0) is 16.6. The number of hydrogen-bond donors (Lipinski definition) is 1. The first-order chi connectivity index (χ1) is 9.70. The standard InChI is InChI=1S/C18H26S3/c1-12(2)14(5)9-10-15(6)17(8)18(21-19)20-11-16(7)13(3)4/h9-11,19H,1,3H2,2,4-8H3/b14-9+,15-10+,16-11-,18-17-. The molecule has 116 valence electrons. The van der Waals surface area contributed by atoms with Crippen LogP contribution in [0, 0.1) is 0 Å². The van der Waals surface area contributed by atoms with Gasteiger partial charge in [-0.3, -0.25) is 0 Å². The molecule has 0 rings (SSSR count). The van der Waals surface area contributed by atoms with Crippen molar-refractivity contribution in [2.75, 3.05) is 0 Å². The molecule has 21 heavy (non-hydrogen) atoms. The summed E-state index contributed by atoms with van der Waals surface area (Å²) >= 11 is 6.07. The maximum absolute atomic E-state index is 4.37. The van der Waals surface area contributed by atoms with Gasteiger partial charge in [-0.05, 0) is 69.2 Å². The van der Waals surface area contributed by atoms with Gasteiger partial charge in [0.15, 0.2) is 0 Å². The van der Waals surface area contributed by atoms with Crippen molar-refractivity contribution < 1.29 is 0 Å². The molecule has 0 aliphatic rings. The molecule has 0 aromatic heterocycles. The van der Waals surface area contributed by atoms with E-state index in [0.717, 1.165) is 11.1 Å². The molecule has 0 aromatic rings. The molecule has 0 amide bonds. The van der Waals surface area contributed by atoms with E-state index in [1.807, 2.05) is 13.8 Å². The average molecular weight is 339 g/mol. The van der Waals surface area contributed by atoms with Crippen molar-refractivity contribution in [1.29, 1.82) is 0 Å². The molecular formula is C18H26S3. The van der Waals surface area contributed by atoms with Gasteiger partial charge in [-0.25, -0.2) is 0 Å². The maximum atomic E-state index is 4.37. The second-order valence-corrected chi connectivity index (χ2v) is 7.46. The first-order valence-electron chi connectivity index (χ1n) is 6.73. The fourth-order valence-corrected chi connectivity index (χ4v) is 3.33. The predicted octanol–water partition coefficient (Wildman–Crippen LogP) is 7.48. The van der Waals surface area contributed by atoms with E-state index in [4.69, 9.17) is 0 Å².